The molecule has 0 atom stereocenters. The predicted molar refractivity (Wildman–Crippen MR) is 90.8 cm³/mol. The number of aliphatic hydroxyl groups is 1. The van der Waals surface area contributed by atoms with Gasteiger partial charge in [0.2, 0.25) is 5.91 Å². The van der Waals surface area contributed by atoms with Gasteiger partial charge in [0.15, 0.2) is 0 Å². The second-order valence-electron chi connectivity index (χ2n) is 6.55. The van der Waals surface area contributed by atoms with Crippen LogP contribution in [-0.4, -0.2) is 31.9 Å². The van der Waals surface area contributed by atoms with Gasteiger partial charge >= 0.3 is 0 Å². The topological polar surface area (TPSA) is 80.0 Å². The number of aryl methyl sites for hydroxylation is 1. The first-order chi connectivity index (χ1) is 11.6. The fourth-order valence-corrected chi connectivity index (χ4v) is 3.59. The molecule has 126 valence electrons. The van der Waals surface area contributed by atoms with E-state index < -0.39 is 0 Å². The molecule has 0 spiro atoms. The average Bonchev–Trinajstić information content (AvgIpc) is 2.97. The Kier molecular flexibility index (Phi) is 4.02. The Balaban J connectivity index is 1.60. The van der Waals surface area contributed by atoms with Crippen LogP contribution in [0.2, 0.25) is 5.02 Å². The number of carbonyl (C=O) groups excluding carboxylic acids is 1. The minimum atomic E-state index is -0.353. The van der Waals surface area contributed by atoms with Gasteiger partial charge in [0.1, 0.15) is 5.82 Å². The third-order valence-electron chi connectivity index (χ3n) is 4.86. The predicted octanol–water partition coefficient (Wildman–Crippen LogP) is 2.64. The molecule has 4 rings (SSSR count). The van der Waals surface area contributed by atoms with E-state index in [9.17, 15) is 9.90 Å². The molecule has 2 aliphatic rings. The number of anilines is 1. The van der Waals surface area contributed by atoms with Crippen molar-refractivity contribution in [3.8, 4) is 11.1 Å². The minimum absolute atomic E-state index is 0.0990. The summed E-state index contributed by atoms with van der Waals surface area (Å²) in [7, 11) is 0. The number of halogens is 1. The van der Waals surface area contributed by atoms with Gasteiger partial charge in [-0.15, -0.1) is 0 Å². The molecule has 1 aliphatic heterocycles. The van der Waals surface area contributed by atoms with E-state index in [4.69, 9.17) is 11.6 Å². The first-order valence-electron chi connectivity index (χ1n) is 8.31. The van der Waals surface area contributed by atoms with Crippen molar-refractivity contribution >= 4 is 23.3 Å². The Morgan fingerprint density at radius 2 is 2.12 bits per heavy atom. The fourth-order valence-electron chi connectivity index (χ4n) is 3.39. The number of pyridine rings is 1. The van der Waals surface area contributed by atoms with Crippen molar-refractivity contribution in [2.45, 2.75) is 44.8 Å². The number of amides is 1. The molecular weight excluding hydrogens is 328 g/mol. The van der Waals surface area contributed by atoms with Crippen LogP contribution in [0.25, 0.3) is 11.1 Å². The number of rotatable bonds is 3. The molecule has 2 aromatic heterocycles. The molecule has 1 fully saturated rings. The normalized spacial score (nSPS) is 22.6. The van der Waals surface area contributed by atoms with Crippen molar-refractivity contribution in [1.29, 1.82) is 0 Å². The zero-order valence-electron chi connectivity index (χ0n) is 13.2. The highest BCUT2D eigenvalue weighted by Crippen LogP contribution is 2.34. The van der Waals surface area contributed by atoms with E-state index in [0.717, 1.165) is 36.9 Å². The maximum atomic E-state index is 12.1. The summed E-state index contributed by atoms with van der Waals surface area (Å²) in [5, 5.41) is 17.2. The van der Waals surface area contributed by atoms with E-state index in [-0.39, 0.29) is 17.9 Å². The maximum absolute atomic E-state index is 12.1. The van der Waals surface area contributed by atoms with E-state index >= 15 is 0 Å². The van der Waals surface area contributed by atoms with Crippen LogP contribution in [0.5, 0.6) is 0 Å². The van der Waals surface area contributed by atoms with Crippen LogP contribution in [0.15, 0.2) is 18.5 Å². The lowest BCUT2D eigenvalue weighted by Crippen LogP contribution is -2.37. The van der Waals surface area contributed by atoms with Gasteiger partial charge in [-0.25, -0.2) is 4.98 Å². The number of nitrogens with one attached hydrogen (secondary N) is 1. The van der Waals surface area contributed by atoms with Crippen LogP contribution in [0.4, 0.5) is 5.82 Å². The quantitative estimate of drug-likeness (QED) is 0.895. The van der Waals surface area contributed by atoms with Gasteiger partial charge < -0.3 is 10.4 Å². The summed E-state index contributed by atoms with van der Waals surface area (Å²) in [6.45, 7) is 0.936. The van der Waals surface area contributed by atoms with E-state index in [1.54, 1.807) is 6.20 Å². The summed E-state index contributed by atoms with van der Waals surface area (Å²) in [5.74, 6) is 0.250. The largest absolute Gasteiger partial charge is 0.393 e. The highest BCUT2D eigenvalue weighted by Gasteiger charge is 2.33. The van der Waals surface area contributed by atoms with Crippen molar-refractivity contribution < 1.29 is 9.90 Å². The molecule has 0 bridgehead atoms. The zero-order chi connectivity index (χ0) is 16.7. The zero-order valence-corrected chi connectivity index (χ0v) is 14.0. The summed E-state index contributed by atoms with van der Waals surface area (Å²) in [6, 6.07) is 1.81. The van der Waals surface area contributed by atoms with Gasteiger partial charge in [0, 0.05) is 35.5 Å². The first-order valence-corrected chi connectivity index (χ1v) is 8.69. The number of aromatic nitrogens is 3. The SMILES string of the molecule is O=C(Nc1cc(-c2cnn3c2CCCC3)c(Cl)cn1)[C@H]1C[C@@H](O)C1. The van der Waals surface area contributed by atoms with Crippen LogP contribution >= 0.6 is 11.6 Å². The summed E-state index contributed by atoms with van der Waals surface area (Å²) in [6.07, 6.45) is 7.36. The lowest BCUT2D eigenvalue weighted by atomic mass is 9.82. The average molecular weight is 347 g/mol. The van der Waals surface area contributed by atoms with E-state index in [1.165, 1.54) is 5.69 Å². The van der Waals surface area contributed by atoms with E-state index in [1.807, 2.05) is 16.9 Å². The summed E-state index contributed by atoms with van der Waals surface area (Å²) < 4.78 is 2.03. The van der Waals surface area contributed by atoms with Crippen LogP contribution in [-0.2, 0) is 17.8 Å². The van der Waals surface area contributed by atoms with E-state index in [0.29, 0.717) is 23.7 Å². The number of hydrogen-bond acceptors (Lipinski definition) is 4. The number of fused-ring (bicyclic) bond motifs is 1. The van der Waals surface area contributed by atoms with Gasteiger partial charge in [-0.2, -0.15) is 5.10 Å². The Bertz CT molecular complexity index is 783. The molecule has 0 unspecified atom stereocenters. The number of nitrogens with zero attached hydrogens (tertiary/aromatic N) is 3. The molecule has 0 saturated heterocycles. The molecule has 0 radical (unpaired) electrons. The lowest BCUT2D eigenvalue weighted by Gasteiger charge is -2.29. The lowest BCUT2D eigenvalue weighted by molar-refractivity contribution is -0.126. The first kappa shape index (κ1) is 15.6. The van der Waals surface area contributed by atoms with Gasteiger partial charge in [-0.3, -0.25) is 9.48 Å². The highest BCUT2D eigenvalue weighted by molar-refractivity contribution is 6.33. The minimum Gasteiger partial charge on any atom is -0.393 e. The van der Waals surface area contributed by atoms with Crippen molar-refractivity contribution in [2.75, 3.05) is 5.32 Å². The van der Waals surface area contributed by atoms with Gasteiger partial charge in [0.25, 0.3) is 0 Å². The van der Waals surface area contributed by atoms with Crippen molar-refractivity contribution in [1.82, 2.24) is 14.8 Å². The molecule has 2 N–H and O–H groups in total. The molecule has 24 heavy (non-hydrogen) atoms. The molecule has 0 aromatic carbocycles. The standard InChI is InChI=1S/C17H19ClN4O2/c18-14-9-19-16(21-17(24)10-5-11(23)6-10)7-12(14)13-8-20-22-4-2-1-3-15(13)22/h7-11,23H,1-6H2,(H,19,21,24)/t10-,11+. The van der Waals surface area contributed by atoms with Crippen LogP contribution < -0.4 is 5.32 Å². The maximum Gasteiger partial charge on any atom is 0.228 e. The third-order valence-corrected chi connectivity index (χ3v) is 5.16. The molecule has 6 nitrogen and oxygen atoms in total. The van der Waals surface area contributed by atoms with Crippen molar-refractivity contribution in [3.05, 3.63) is 29.2 Å². The van der Waals surface area contributed by atoms with Crippen LogP contribution in [0.3, 0.4) is 0 Å². The molecular formula is C17H19ClN4O2. The number of aliphatic hydroxyl groups excluding tert-OH is 1. The summed E-state index contributed by atoms with van der Waals surface area (Å²) >= 11 is 6.34. The van der Waals surface area contributed by atoms with Crippen LogP contribution in [0, 0.1) is 5.92 Å². The van der Waals surface area contributed by atoms with Gasteiger partial charge in [-0.05, 0) is 38.2 Å². The number of carbonyl (C=O) groups is 1. The second kappa shape index (κ2) is 6.18. The van der Waals surface area contributed by atoms with Crippen molar-refractivity contribution in [3.63, 3.8) is 0 Å². The molecule has 1 saturated carbocycles. The van der Waals surface area contributed by atoms with Gasteiger partial charge in [0.05, 0.1) is 17.3 Å². The highest BCUT2D eigenvalue weighted by atomic mass is 35.5. The third kappa shape index (κ3) is 2.80. The molecule has 2 aromatic rings. The Labute approximate surface area is 144 Å². The van der Waals surface area contributed by atoms with Crippen molar-refractivity contribution in [2.24, 2.45) is 5.92 Å². The Morgan fingerprint density at radius 3 is 2.92 bits per heavy atom. The van der Waals surface area contributed by atoms with Crippen LogP contribution in [0.1, 0.15) is 31.4 Å². The number of hydrogen-bond donors (Lipinski definition) is 2. The van der Waals surface area contributed by atoms with Gasteiger partial charge in [-0.1, -0.05) is 11.6 Å². The van der Waals surface area contributed by atoms with E-state index in [2.05, 4.69) is 15.4 Å². The second-order valence-corrected chi connectivity index (χ2v) is 6.95. The Morgan fingerprint density at radius 1 is 1.29 bits per heavy atom. The smallest absolute Gasteiger partial charge is 0.228 e. The monoisotopic (exact) mass is 346 g/mol. The summed E-state index contributed by atoms with van der Waals surface area (Å²) in [4.78, 5) is 16.4. The fraction of sp³-hybridized carbons (Fsp3) is 0.471. The summed E-state index contributed by atoms with van der Waals surface area (Å²) in [5.41, 5.74) is 3.05. The molecule has 3 heterocycles. The molecule has 1 amide bonds. The molecule has 1 aliphatic carbocycles. The Hall–Kier alpha value is -1.92. The molecule has 7 heteroatoms.